The molecule has 0 spiro atoms. The van der Waals surface area contributed by atoms with Crippen LogP contribution in [-0.4, -0.2) is 63.9 Å². The number of rotatable bonds is 7. The maximum Gasteiger partial charge on any atom is 0.258 e. The highest BCUT2D eigenvalue weighted by Gasteiger charge is 2.44. The molecule has 8 nitrogen and oxygen atoms in total. The SMILES string of the molecule is C=CC(=O)N1C[C@H]2CC[C@@H](C1)N2C(=O)c1cc(Sc2cnc(Nc3ccccn3)s2)c(C)cc1OC. The summed E-state index contributed by atoms with van der Waals surface area (Å²) in [4.78, 5) is 39.4. The molecule has 1 aromatic carbocycles. The van der Waals surface area contributed by atoms with Crippen LogP contribution >= 0.6 is 23.1 Å². The lowest BCUT2D eigenvalue weighted by Gasteiger charge is -2.41. The zero-order valence-electron chi connectivity index (χ0n) is 20.1. The van der Waals surface area contributed by atoms with Gasteiger partial charge >= 0.3 is 0 Å². The van der Waals surface area contributed by atoms with Gasteiger partial charge < -0.3 is 19.9 Å². The minimum atomic E-state index is -0.0768. The fourth-order valence-corrected chi connectivity index (χ4v) is 6.76. The van der Waals surface area contributed by atoms with E-state index >= 15 is 0 Å². The van der Waals surface area contributed by atoms with Crippen LogP contribution in [0.2, 0.25) is 0 Å². The average Bonchev–Trinajstić information content (AvgIpc) is 3.44. The van der Waals surface area contributed by atoms with Crippen LogP contribution in [0.15, 0.2) is 64.5 Å². The minimum Gasteiger partial charge on any atom is -0.496 e. The molecule has 2 aliphatic rings. The van der Waals surface area contributed by atoms with Gasteiger partial charge in [0.2, 0.25) is 5.91 Å². The highest BCUT2D eigenvalue weighted by atomic mass is 32.2. The Kier molecular flexibility index (Phi) is 6.97. The third-order valence-corrected chi connectivity index (χ3v) is 8.70. The number of carbonyl (C=O) groups is 2. The van der Waals surface area contributed by atoms with Crippen LogP contribution in [0.5, 0.6) is 5.75 Å². The number of methoxy groups -OCH3 is 1. The van der Waals surface area contributed by atoms with Gasteiger partial charge in [-0.3, -0.25) is 9.59 Å². The molecule has 2 fully saturated rings. The Bertz CT molecular complexity index is 1280. The Morgan fingerprint density at radius 1 is 1.22 bits per heavy atom. The highest BCUT2D eigenvalue weighted by molar-refractivity contribution is 8.01. The third-order valence-electron chi connectivity index (χ3n) is 6.53. The van der Waals surface area contributed by atoms with Crippen molar-refractivity contribution < 1.29 is 14.3 Å². The van der Waals surface area contributed by atoms with E-state index in [2.05, 4.69) is 21.9 Å². The van der Waals surface area contributed by atoms with Crippen molar-refractivity contribution in [1.82, 2.24) is 19.8 Å². The molecule has 2 bridgehead atoms. The lowest BCUT2D eigenvalue weighted by Crippen LogP contribution is -2.56. The van der Waals surface area contributed by atoms with E-state index in [1.165, 1.54) is 17.4 Å². The molecule has 4 heterocycles. The quantitative estimate of drug-likeness (QED) is 0.449. The Morgan fingerprint density at radius 3 is 2.67 bits per heavy atom. The highest BCUT2D eigenvalue weighted by Crippen LogP contribution is 2.40. The van der Waals surface area contributed by atoms with Crippen LogP contribution in [0.25, 0.3) is 0 Å². The molecule has 1 N–H and O–H groups in total. The molecule has 3 aromatic rings. The van der Waals surface area contributed by atoms with Gasteiger partial charge in [-0.05, 0) is 55.7 Å². The standard InChI is InChI=1S/C26H27N5O3S2/c1-4-23(32)30-14-17-8-9-18(15-30)31(17)25(33)19-12-21(16(2)11-20(19)34-3)35-24-13-28-26(36-24)29-22-7-5-6-10-27-22/h4-7,10-13,17-18H,1,8-9,14-15H2,2-3H3,(H,27,28,29)/t17-,18+. The Morgan fingerprint density at radius 2 is 2.00 bits per heavy atom. The second-order valence-electron chi connectivity index (χ2n) is 8.79. The maximum absolute atomic E-state index is 13.8. The van der Waals surface area contributed by atoms with Crippen molar-refractivity contribution in [3.05, 3.63) is 66.5 Å². The van der Waals surface area contributed by atoms with E-state index in [0.29, 0.717) is 24.4 Å². The van der Waals surface area contributed by atoms with Gasteiger partial charge in [0.05, 0.1) is 35.2 Å². The van der Waals surface area contributed by atoms with Crippen LogP contribution in [0.4, 0.5) is 10.9 Å². The van der Waals surface area contributed by atoms with Gasteiger partial charge in [-0.1, -0.05) is 35.7 Å². The van der Waals surface area contributed by atoms with Crippen LogP contribution in [0.3, 0.4) is 0 Å². The van der Waals surface area contributed by atoms with Gasteiger partial charge in [-0.25, -0.2) is 9.97 Å². The number of hydrogen-bond acceptors (Lipinski definition) is 8. The number of hydrogen-bond donors (Lipinski definition) is 1. The molecule has 2 saturated heterocycles. The summed E-state index contributed by atoms with van der Waals surface area (Å²) in [5.41, 5.74) is 1.56. The predicted octanol–water partition coefficient (Wildman–Crippen LogP) is 4.75. The van der Waals surface area contributed by atoms with E-state index in [1.807, 2.05) is 48.4 Å². The first-order valence-corrected chi connectivity index (χ1v) is 13.3. The van der Waals surface area contributed by atoms with E-state index in [0.717, 1.165) is 38.5 Å². The molecule has 0 radical (unpaired) electrons. The number of thiazole rings is 1. The second kappa shape index (κ2) is 10.3. The molecule has 36 heavy (non-hydrogen) atoms. The number of pyridine rings is 1. The summed E-state index contributed by atoms with van der Waals surface area (Å²) in [6, 6.07) is 9.52. The fourth-order valence-electron chi connectivity index (χ4n) is 4.81. The summed E-state index contributed by atoms with van der Waals surface area (Å²) in [6.07, 6.45) is 6.68. The van der Waals surface area contributed by atoms with Crippen molar-refractivity contribution in [2.24, 2.45) is 0 Å². The zero-order valence-corrected chi connectivity index (χ0v) is 21.8. The summed E-state index contributed by atoms with van der Waals surface area (Å²) in [5.74, 6) is 1.18. The Balaban J connectivity index is 1.37. The van der Waals surface area contributed by atoms with Gasteiger partial charge in [-0.2, -0.15) is 0 Å². The number of nitrogens with zero attached hydrogens (tertiary/aromatic N) is 4. The minimum absolute atomic E-state index is 0.00369. The average molecular weight is 522 g/mol. The molecule has 2 amide bonds. The van der Waals surface area contributed by atoms with Crippen molar-refractivity contribution in [1.29, 1.82) is 0 Å². The zero-order chi connectivity index (χ0) is 25.2. The largest absolute Gasteiger partial charge is 0.496 e. The first-order chi connectivity index (χ1) is 17.5. The summed E-state index contributed by atoms with van der Waals surface area (Å²) in [7, 11) is 1.59. The molecule has 2 aliphatic heterocycles. The molecule has 0 saturated carbocycles. The van der Waals surface area contributed by atoms with Crippen molar-refractivity contribution in [2.75, 3.05) is 25.5 Å². The number of likely N-dealkylation sites (tertiary alicyclic amines) is 1. The van der Waals surface area contributed by atoms with Crippen molar-refractivity contribution in [3.8, 4) is 5.75 Å². The monoisotopic (exact) mass is 521 g/mol. The number of amides is 2. The summed E-state index contributed by atoms with van der Waals surface area (Å²) in [5, 5.41) is 3.97. The molecular weight excluding hydrogens is 494 g/mol. The number of anilines is 2. The van der Waals surface area contributed by atoms with Gasteiger partial charge in [-0.15, -0.1) is 0 Å². The molecular formula is C26H27N5O3S2. The number of benzene rings is 1. The van der Waals surface area contributed by atoms with Gasteiger partial charge in [0, 0.05) is 24.2 Å². The first kappa shape index (κ1) is 24.3. The number of carbonyl (C=O) groups excluding carboxylic acids is 2. The topological polar surface area (TPSA) is 87.7 Å². The van der Waals surface area contributed by atoms with Crippen molar-refractivity contribution in [3.63, 3.8) is 0 Å². The molecule has 186 valence electrons. The lowest BCUT2D eigenvalue weighted by molar-refractivity contribution is -0.128. The first-order valence-electron chi connectivity index (χ1n) is 11.7. The number of ether oxygens (including phenoxy) is 1. The fraction of sp³-hybridized carbons (Fsp3) is 0.308. The van der Waals surface area contributed by atoms with Gasteiger partial charge in [0.1, 0.15) is 11.6 Å². The van der Waals surface area contributed by atoms with E-state index in [4.69, 9.17) is 4.74 Å². The lowest BCUT2D eigenvalue weighted by atomic mass is 10.1. The normalized spacial score (nSPS) is 18.7. The van der Waals surface area contributed by atoms with E-state index in [-0.39, 0.29) is 23.9 Å². The molecule has 10 heteroatoms. The Labute approximate surface area is 218 Å². The van der Waals surface area contributed by atoms with Crippen LogP contribution in [-0.2, 0) is 4.79 Å². The van der Waals surface area contributed by atoms with Crippen molar-refractivity contribution in [2.45, 2.75) is 41.0 Å². The number of fused-ring (bicyclic) bond motifs is 2. The predicted molar refractivity (Wildman–Crippen MR) is 141 cm³/mol. The molecule has 0 unspecified atom stereocenters. The third kappa shape index (κ3) is 4.83. The smallest absolute Gasteiger partial charge is 0.258 e. The van der Waals surface area contributed by atoms with E-state index < -0.39 is 0 Å². The molecule has 2 aromatic heterocycles. The Hall–Kier alpha value is -3.37. The summed E-state index contributed by atoms with van der Waals surface area (Å²) >= 11 is 3.10. The van der Waals surface area contributed by atoms with Crippen LogP contribution in [0, 0.1) is 6.92 Å². The van der Waals surface area contributed by atoms with Crippen molar-refractivity contribution >= 4 is 45.9 Å². The molecule has 5 rings (SSSR count). The van der Waals surface area contributed by atoms with E-state index in [1.54, 1.807) is 30.0 Å². The van der Waals surface area contributed by atoms with Crippen LogP contribution < -0.4 is 10.1 Å². The van der Waals surface area contributed by atoms with Gasteiger partial charge in [0.15, 0.2) is 5.13 Å². The molecule has 2 atom stereocenters. The maximum atomic E-state index is 13.8. The number of aromatic nitrogens is 2. The van der Waals surface area contributed by atoms with Gasteiger partial charge in [0.25, 0.3) is 5.91 Å². The second-order valence-corrected chi connectivity index (χ2v) is 11.2. The van der Waals surface area contributed by atoms with Crippen LogP contribution in [0.1, 0.15) is 28.8 Å². The number of nitrogens with one attached hydrogen (secondary N) is 1. The molecule has 0 aliphatic carbocycles. The summed E-state index contributed by atoms with van der Waals surface area (Å²) < 4.78 is 6.62. The number of aryl methyl sites for hydroxylation is 1. The summed E-state index contributed by atoms with van der Waals surface area (Å²) in [6.45, 7) is 6.69. The van der Waals surface area contributed by atoms with E-state index in [9.17, 15) is 9.59 Å². The number of piperazine rings is 1.